The van der Waals surface area contributed by atoms with E-state index in [1.165, 1.54) is 4.90 Å². The van der Waals surface area contributed by atoms with Gasteiger partial charge in [0.1, 0.15) is 12.6 Å². The summed E-state index contributed by atoms with van der Waals surface area (Å²) in [5.74, 6) is -0.613. The second-order valence-corrected chi connectivity index (χ2v) is 13.0. The maximum atomic E-state index is 14.0. The molecule has 0 spiro atoms. The van der Waals surface area contributed by atoms with Crippen LogP contribution in [0.5, 0.6) is 0 Å². The van der Waals surface area contributed by atoms with E-state index in [0.717, 1.165) is 21.7 Å². The minimum absolute atomic E-state index is 0.0715. The molecule has 0 heterocycles. The molecule has 1 N–H and O–H groups in total. The summed E-state index contributed by atoms with van der Waals surface area (Å²) < 4.78 is 27.4. The summed E-state index contributed by atoms with van der Waals surface area (Å²) in [6.45, 7) is 4.02. The second kappa shape index (κ2) is 14.0. The molecule has 0 saturated heterocycles. The van der Waals surface area contributed by atoms with Gasteiger partial charge in [0.25, 0.3) is 0 Å². The normalized spacial score (nSPS) is 12.2. The third kappa shape index (κ3) is 9.37. The molecule has 0 aromatic heterocycles. The molecule has 1 atom stereocenters. The third-order valence-electron chi connectivity index (χ3n) is 5.97. The highest BCUT2D eigenvalue weighted by molar-refractivity contribution is 9.10. The molecule has 3 aromatic rings. The zero-order valence-corrected chi connectivity index (χ0v) is 25.3. The van der Waals surface area contributed by atoms with Crippen LogP contribution in [0.15, 0.2) is 83.3 Å². The van der Waals surface area contributed by atoms with Crippen LogP contribution in [-0.4, -0.2) is 50.5 Å². The molecule has 3 rings (SSSR count). The summed E-state index contributed by atoms with van der Waals surface area (Å²) in [6.07, 6.45) is 1.31. The first-order valence-electron chi connectivity index (χ1n) is 12.5. The van der Waals surface area contributed by atoms with Gasteiger partial charge in [0.05, 0.1) is 11.9 Å². The van der Waals surface area contributed by atoms with Crippen molar-refractivity contribution in [2.24, 2.45) is 5.92 Å². The number of nitrogens with one attached hydrogen (secondary N) is 1. The van der Waals surface area contributed by atoms with Gasteiger partial charge in [-0.1, -0.05) is 89.9 Å². The summed E-state index contributed by atoms with van der Waals surface area (Å²) in [4.78, 5) is 29.0. The van der Waals surface area contributed by atoms with Crippen LogP contribution in [0.2, 0.25) is 5.02 Å². The molecule has 0 fully saturated rings. The Kier molecular flexibility index (Phi) is 11.0. The van der Waals surface area contributed by atoms with E-state index < -0.39 is 28.5 Å². The molecule has 208 valence electrons. The Bertz CT molecular complexity index is 1390. The van der Waals surface area contributed by atoms with Gasteiger partial charge in [-0.05, 0) is 47.4 Å². The smallest absolute Gasteiger partial charge is 0.244 e. The van der Waals surface area contributed by atoms with E-state index in [9.17, 15) is 18.0 Å². The van der Waals surface area contributed by atoms with Crippen molar-refractivity contribution < 1.29 is 18.0 Å². The van der Waals surface area contributed by atoms with Gasteiger partial charge in [0, 0.05) is 29.0 Å². The average molecular weight is 635 g/mol. The van der Waals surface area contributed by atoms with Crippen molar-refractivity contribution in [1.29, 1.82) is 0 Å². The Labute approximate surface area is 244 Å². The highest BCUT2D eigenvalue weighted by Crippen LogP contribution is 2.24. The van der Waals surface area contributed by atoms with Gasteiger partial charge in [0.15, 0.2) is 0 Å². The maximum absolute atomic E-state index is 14.0. The topological polar surface area (TPSA) is 86.8 Å². The minimum Gasteiger partial charge on any atom is -0.354 e. The molecule has 2 amide bonds. The molecular formula is C29H33BrClN3O4S. The molecule has 0 aliphatic rings. The molecule has 3 aromatic carbocycles. The van der Waals surface area contributed by atoms with Crippen LogP contribution in [-0.2, 0) is 32.6 Å². The van der Waals surface area contributed by atoms with Gasteiger partial charge in [0.2, 0.25) is 21.8 Å². The summed E-state index contributed by atoms with van der Waals surface area (Å²) in [5, 5.41) is 3.46. The number of hydrogen-bond donors (Lipinski definition) is 1. The van der Waals surface area contributed by atoms with Crippen LogP contribution >= 0.6 is 27.5 Å². The minimum atomic E-state index is -3.83. The van der Waals surface area contributed by atoms with E-state index in [1.807, 2.05) is 50.2 Å². The summed E-state index contributed by atoms with van der Waals surface area (Å²) >= 11 is 9.60. The van der Waals surface area contributed by atoms with Gasteiger partial charge in [-0.15, -0.1) is 0 Å². The fraction of sp³-hybridized carbons (Fsp3) is 0.310. The van der Waals surface area contributed by atoms with Crippen LogP contribution < -0.4 is 9.62 Å². The number of rotatable bonds is 12. The third-order valence-corrected chi connectivity index (χ3v) is 7.84. The molecule has 0 unspecified atom stereocenters. The largest absolute Gasteiger partial charge is 0.354 e. The number of halogens is 2. The Morgan fingerprint density at radius 3 is 2.23 bits per heavy atom. The van der Waals surface area contributed by atoms with Gasteiger partial charge < -0.3 is 10.2 Å². The van der Waals surface area contributed by atoms with Crippen LogP contribution in [0.1, 0.15) is 25.0 Å². The average Bonchev–Trinajstić information content (AvgIpc) is 2.87. The first kappa shape index (κ1) is 30.7. The first-order chi connectivity index (χ1) is 18.4. The molecule has 0 aliphatic heterocycles. The van der Waals surface area contributed by atoms with E-state index in [0.29, 0.717) is 21.7 Å². The first-order valence-corrected chi connectivity index (χ1v) is 15.5. The van der Waals surface area contributed by atoms with Crippen molar-refractivity contribution >= 4 is 55.1 Å². The van der Waals surface area contributed by atoms with Crippen LogP contribution in [0, 0.1) is 5.92 Å². The lowest BCUT2D eigenvalue weighted by molar-refractivity contribution is -0.140. The van der Waals surface area contributed by atoms with Gasteiger partial charge >= 0.3 is 0 Å². The van der Waals surface area contributed by atoms with Crippen molar-refractivity contribution in [1.82, 2.24) is 10.2 Å². The fourth-order valence-electron chi connectivity index (χ4n) is 4.05. The Balaban J connectivity index is 2.05. The SMILES string of the molecule is CC(C)CNC(=O)[C@H](Cc1ccccc1)N(Cc1cccc(Cl)c1)C(=O)CN(c1cccc(Br)c1)S(C)(=O)=O. The molecule has 0 aliphatic carbocycles. The number of carbonyl (C=O) groups is 2. The highest BCUT2D eigenvalue weighted by atomic mass is 79.9. The zero-order chi connectivity index (χ0) is 28.6. The molecule has 0 saturated carbocycles. The lowest BCUT2D eigenvalue weighted by Crippen LogP contribution is -2.53. The Morgan fingerprint density at radius 2 is 1.62 bits per heavy atom. The van der Waals surface area contributed by atoms with E-state index in [-0.39, 0.29) is 24.8 Å². The van der Waals surface area contributed by atoms with Gasteiger partial charge in [-0.2, -0.15) is 0 Å². The second-order valence-electron chi connectivity index (χ2n) is 9.75. The molecular weight excluding hydrogens is 602 g/mol. The van der Waals surface area contributed by atoms with Crippen molar-refractivity contribution in [3.63, 3.8) is 0 Å². The van der Waals surface area contributed by atoms with Crippen LogP contribution in [0.25, 0.3) is 0 Å². The summed E-state index contributed by atoms with van der Waals surface area (Å²) in [5.41, 5.74) is 1.93. The maximum Gasteiger partial charge on any atom is 0.244 e. The molecule has 0 bridgehead atoms. The zero-order valence-electron chi connectivity index (χ0n) is 22.2. The molecule has 7 nitrogen and oxygen atoms in total. The molecule has 10 heteroatoms. The van der Waals surface area contributed by atoms with Gasteiger partial charge in [-0.25, -0.2) is 8.42 Å². The predicted molar refractivity (Wildman–Crippen MR) is 160 cm³/mol. The van der Waals surface area contributed by atoms with Crippen molar-refractivity contribution in [3.05, 3.63) is 99.5 Å². The van der Waals surface area contributed by atoms with Crippen molar-refractivity contribution in [2.75, 3.05) is 23.7 Å². The fourth-order valence-corrected chi connectivity index (χ4v) is 5.49. The molecule has 0 radical (unpaired) electrons. The number of anilines is 1. The lowest BCUT2D eigenvalue weighted by Gasteiger charge is -2.33. The summed E-state index contributed by atoms with van der Waals surface area (Å²) in [7, 11) is -3.83. The quantitative estimate of drug-likeness (QED) is 0.294. The van der Waals surface area contributed by atoms with Crippen molar-refractivity contribution in [3.8, 4) is 0 Å². The Morgan fingerprint density at radius 1 is 0.949 bits per heavy atom. The number of hydrogen-bond acceptors (Lipinski definition) is 4. The predicted octanol–water partition coefficient (Wildman–Crippen LogP) is 5.28. The van der Waals surface area contributed by atoms with Crippen molar-refractivity contribution in [2.45, 2.75) is 32.9 Å². The van der Waals surface area contributed by atoms with E-state index in [1.54, 1.807) is 42.5 Å². The molecule has 39 heavy (non-hydrogen) atoms. The van der Waals surface area contributed by atoms with E-state index in [2.05, 4.69) is 21.2 Å². The number of sulfonamides is 1. The Hall–Kier alpha value is -2.88. The van der Waals surface area contributed by atoms with E-state index in [4.69, 9.17) is 11.6 Å². The highest BCUT2D eigenvalue weighted by Gasteiger charge is 2.33. The van der Waals surface area contributed by atoms with E-state index >= 15 is 0 Å². The van der Waals surface area contributed by atoms with Crippen LogP contribution in [0.3, 0.4) is 0 Å². The number of carbonyl (C=O) groups excluding carboxylic acids is 2. The summed E-state index contributed by atoms with van der Waals surface area (Å²) in [6, 6.07) is 22.3. The van der Waals surface area contributed by atoms with Crippen LogP contribution in [0.4, 0.5) is 5.69 Å². The van der Waals surface area contributed by atoms with Gasteiger partial charge in [-0.3, -0.25) is 13.9 Å². The number of nitrogens with zero attached hydrogens (tertiary/aromatic N) is 2. The standard InChI is InChI=1S/C29H33BrClN3O4S/c1-21(2)18-32-29(36)27(16-22-9-5-4-6-10-22)33(19-23-11-7-13-25(31)15-23)28(35)20-34(39(3,37)38)26-14-8-12-24(30)17-26/h4-15,17,21,27H,16,18-20H2,1-3H3,(H,32,36)/t27-/m0/s1. The lowest BCUT2D eigenvalue weighted by atomic mass is 10.0. The number of amides is 2. The number of benzene rings is 3. The monoisotopic (exact) mass is 633 g/mol.